The first-order valence-corrected chi connectivity index (χ1v) is 48.2. The molecule has 4 heterocycles. The van der Waals surface area contributed by atoms with Crippen LogP contribution in [0.3, 0.4) is 0 Å². The van der Waals surface area contributed by atoms with Gasteiger partial charge in [-0.25, -0.2) is 8.78 Å². The third kappa shape index (κ3) is 16.4. The van der Waals surface area contributed by atoms with Crippen LogP contribution in [0.2, 0.25) is 0 Å². The van der Waals surface area contributed by atoms with E-state index in [9.17, 15) is 29.2 Å². The van der Waals surface area contributed by atoms with Crippen molar-refractivity contribution in [1.29, 1.82) is 0 Å². The Hall–Kier alpha value is -6.45. The number of halogens is 3. The molecule has 0 amide bonds. The standard InChI is InChI=1S/C28H37N3O.C25H32ClN3O.C25H37N3O2.C24H33F2N3O/c1-19(18-31-29-15-16-30-31)25-7-8-26-24-6-5-21-17-28(32,13-9-20-3-4-20)14-11-22(21)23(24)10-12-27(25,26)2;1-17(16-29-27-13-14-28-29)22-5-6-23-21-4-3-18-15-25(30,11-12-26)10-8-19(18)20(21)7-9-24(22,23)2;1-17(15-28-26-12-13-27-28)22-6-7-23-21-5-4-18-14-25(29,16-30-3)11-9-19(18)20(21)8-10-24(22,23)2;1-15(14-29-27-11-12-28-29)20-5-6-21-19-4-3-16-13-24(30,22(25)26)10-8-17(16)18(19)7-9-23(20,21)2/h5,15-16,20,22-26,32H,1,3-4,6-8,10-12,14,17-18H2,2H3;3,13-14,19-23,30H,1,4-10,15-16H2,2H3;4,12-13,19-23,29H,1,5-11,14-16H2,2-3H3;3,11-12,17-22,30H,1,4-10,13-14H2,2H3/t22-,23+,24+,25+,26-,27+,28-;19-,20+,21+,22+,23-,24+,25+;19-,20+,21+,22+,23-,24+,25-;17-,18+,19+,20+,21-,23+,24-/m0000/s1. The zero-order chi connectivity index (χ0) is 84.9. The average molecular weight is 1690 g/mol. The van der Waals surface area contributed by atoms with Crippen LogP contribution in [-0.4, -0.2) is 123 Å². The van der Waals surface area contributed by atoms with Crippen LogP contribution in [0.5, 0.6) is 0 Å². The van der Waals surface area contributed by atoms with E-state index in [0.717, 1.165) is 149 Å². The Labute approximate surface area is 729 Å². The van der Waals surface area contributed by atoms with Gasteiger partial charge in [0.1, 0.15) is 16.8 Å². The summed E-state index contributed by atoms with van der Waals surface area (Å²) in [5, 5.41) is 79.9. The van der Waals surface area contributed by atoms with E-state index in [1.165, 1.54) is 161 Å². The van der Waals surface area contributed by atoms with Gasteiger partial charge in [-0.05, 0) is 351 Å². The van der Waals surface area contributed by atoms with Gasteiger partial charge in [0.2, 0.25) is 0 Å². The minimum atomic E-state index is -2.65. The van der Waals surface area contributed by atoms with Gasteiger partial charge in [0.15, 0.2) is 0 Å². The van der Waals surface area contributed by atoms with Gasteiger partial charge in [0.05, 0.1) is 88.0 Å². The Morgan fingerprint density at radius 1 is 0.402 bits per heavy atom. The van der Waals surface area contributed by atoms with Crippen LogP contribution in [-0.2, 0) is 30.9 Å². The molecule has 13 saturated carbocycles. The number of alkyl halides is 2. The Balaban J connectivity index is 0.000000111. The number of aliphatic hydroxyl groups is 4. The summed E-state index contributed by atoms with van der Waals surface area (Å²) in [7, 11) is 1.70. The summed E-state index contributed by atoms with van der Waals surface area (Å²) < 4.78 is 32.1. The predicted octanol–water partition coefficient (Wildman–Crippen LogP) is 19.5. The highest BCUT2D eigenvalue weighted by atomic mass is 35.5. The third-order valence-corrected chi connectivity index (χ3v) is 37.6. The zero-order valence-electron chi connectivity index (χ0n) is 73.7. The Morgan fingerprint density at radius 2 is 0.705 bits per heavy atom. The van der Waals surface area contributed by atoms with Crippen LogP contribution in [0.4, 0.5) is 8.78 Å². The fourth-order valence-corrected chi connectivity index (χ4v) is 31.9. The van der Waals surface area contributed by atoms with E-state index in [-0.39, 0.29) is 18.3 Å². The summed E-state index contributed by atoms with van der Waals surface area (Å²) in [6.07, 6.45) is 57.4. The van der Waals surface area contributed by atoms with Crippen molar-refractivity contribution in [3.63, 3.8) is 0 Å². The topological polar surface area (TPSA) is 213 Å². The number of allylic oxidation sites excluding steroid dienone is 8. The lowest BCUT2D eigenvalue weighted by Crippen LogP contribution is -2.49. The molecule has 17 aliphatic carbocycles. The summed E-state index contributed by atoms with van der Waals surface area (Å²) >= 11 is 5.61. The van der Waals surface area contributed by atoms with Gasteiger partial charge in [-0.15, -0.1) is 0 Å². The predicted molar refractivity (Wildman–Crippen MR) is 471 cm³/mol. The van der Waals surface area contributed by atoms with Crippen molar-refractivity contribution < 1.29 is 33.9 Å². The second-order valence-corrected chi connectivity index (χ2v) is 43.7. The molecule has 658 valence electrons. The quantitative estimate of drug-likeness (QED) is 0.0645. The molecule has 0 radical (unpaired) electrons. The van der Waals surface area contributed by atoms with E-state index < -0.39 is 28.8 Å². The molecular weight excluding hydrogens is 1550 g/mol. The summed E-state index contributed by atoms with van der Waals surface area (Å²) in [5.74, 6) is 23.6. The first-order valence-electron chi connectivity index (χ1n) is 47.8. The molecule has 0 aromatic carbocycles. The molecule has 21 rings (SSSR count). The lowest BCUT2D eigenvalue weighted by Gasteiger charge is -2.54. The van der Waals surface area contributed by atoms with E-state index in [1.54, 1.807) is 75.9 Å². The number of ether oxygens (including phenoxy) is 1. The number of fused-ring (bicyclic) bond motifs is 20. The smallest absolute Gasteiger partial charge is 0.267 e. The largest absolute Gasteiger partial charge is 0.387 e. The monoisotopic (exact) mass is 1690 g/mol. The number of rotatable bonds is 15. The molecule has 0 saturated heterocycles. The summed E-state index contributed by atoms with van der Waals surface area (Å²) in [6.45, 7) is 31.4. The lowest BCUT2D eigenvalue weighted by molar-refractivity contribution is -0.119. The Bertz CT molecular complexity index is 4720. The molecule has 20 heteroatoms. The maximum absolute atomic E-state index is 13.4. The first kappa shape index (κ1) is 86.3. The first-order chi connectivity index (χ1) is 58.6. The van der Waals surface area contributed by atoms with Gasteiger partial charge in [-0.3, -0.25) is 0 Å². The van der Waals surface area contributed by atoms with Crippen LogP contribution < -0.4 is 0 Å². The van der Waals surface area contributed by atoms with Crippen LogP contribution in [0.25, 0.3) is 0 Å². The Morgan fingerprint density at radius 3 is 1.02 bits per heavy atom. The molecule has 0 unspecified atom stereocenters. The molecule has 4 aromatic heterocycles. The van der Waals surface area contributed by atoms with Gasteiger partial charge < -0.3 is 25.2 Å². The molecular formula is C102H139ClF2N12O5. The van der Waals surface area contributed by atoms with E-state index in [0.29, 0.717) is 113 Å². The van der Waals surface area contributed by atoms with Gasteiger partial charge in [-0.1, -0.05) is 141 Å². The second-order valence-electron chi connectivity index (χ2n) is 43.5. The normalized spacial score (nSPS) is 42.7. The Kier molecular flexibility index (Phi) is 24.3. The van der Waals surface area contributed by atoms with Crippen molar-refractivity contribution >= 4 is 11.6 Å². The molecule has 17 aliphatic rings. The van der Waals surface area contributed by atoms with E-state index >= 15 is 0 Å². The minimum Gasteiger partial charge on any atom is -0.387 e. The van der Waals surface area contributed by atoms with E-state index in [4.69, 9.17) is 16.3 Å². The van der Waals surface area contributed by atoms with Gasteiger partial charge in [-0.2, -0.15) is 60.0 Å². The van der Waals surface area contributed by atoms with Gasteiger partial charge in [0.25, 0.3) is 6.43 Å². The minimum absolute atomic E-state index is 0.163. The molecule has 17 nitrogen and oxygen atoms in total. The van der Waals surface area contributed by atoms with E-state index in [2.05, 4.69) is 142 Å². The molecule has 122 heavy (non-hydrogen) atoms. The van der Waals surface area contributed by atoms with Crippen molar-refractivity contribution in [3.05, 3.63) is 145 Å². The van der Waals surface area contributed by atoms with Crippen molar-refractivity contribution in [3.8, 4) is 23.1 Å². The van der Waals surface area contributed by atoms with Crippen molar-refractivity contribution in [2.75, 3.05) is 13.7 Å². The number of methoxy groups -OCH3 is 1. The SMILES string of the molecule is C=C(Cn1nccn1)[C@H]1CC[C@H]2[C@@H]3CC=C4C[C@](O)(C#CC5CC5)CC[C@@H]4[C@H]3CC[C@]12C.C=C(Cn1nccn1)[C@H]1CC[C@H]2[C@@H]3CC=C4C[C@](O)(C#CCl)CC[C@@H]4[C@H]3CC[C@]12C.C=C(Cn1nccn1)[C@H]1CC[C@H]2[C@@H]3CC=C4C[C@](O)(C(F)F)CC[C@@H]4[C@H]3CC[C@]12C.C=C(Cn1nccn1)[C@H]1CC[C@H]2[C@@H]3CC=C4C[C@](O)(COC)CC[C@@H]4[C@H]3CC[C@]12C. The molecule has 13 fully saturated rings. The fraction of sp³-hybridized carbons (Fsp3) is 0.725. The molecule has 4 N–H and O–H groups in total. The maximum atomic E-state index is 13.4. The van der Waals surface area contributed by atoms with Crippen LogP contribution in [0.15, 0.2) is 145 Å². The van der Waals surface area contributed by atoms with Crippen molar-refractivity contribution in [2.24, 2.45) is 146 Å². The third-order valence-electron chi connectivity index (χ3n) is 37.5. The molecule has 0 aliphatic heterocycles. The zero-order valence-corrected chi connectivity index (χ0v) is 74.5. The summed E-state index contributed by atoms with van der Waals surface area (Å²) in [5.41, 5.74) is 7.94. The molecule has 28 atom stereocenters. The highest BCUT2D eigenvalue weighted by Gasteiger charge is 2.63. The fourth-order valence-electron chi connectivity index (χ4n) is 31.8. The maximum Gasteiger partial charge on any atom is 0.267 e. The average Bonchev–Trinajstić information content (AvgIpc) is 1.49. The van der Waals surface area contributed by atoms with E-state index in [1.807, 2.05) is 0 Å². The number of aromatic nitrogens is 12. The van der Waals surface area contributed by atoms with Gasteiger partial charge >= 0.3 is 0 Å². The summed E-state index contributed by atoms with van der Waals surface area (Å²) in [6, 6.07) is 0. The number of hydrogen-bond acceptors (Lipinski definition) is 13. The van der Waals surface area contributed by atoms with Crippen LogP contribution >= 0.6 is 11.6 Å². The van der Waals surface area contributed by atoms with Crippen molar-refractivity contribution in [2.45, 2.75) is 301 Å². The van der Waals surface area contributed by atoms with Gasteiger partial charge in [0, 0.05) is 37.7 Å². The molecule has 0 bridgehead atoms. The summed E-state index contributed by atoms with van der Waals surface area (Å²) in [4.78, 5) is 7.07. The van der Waals surface area contributed by atoms with Crippen LogP contribution in [0.1, 0.15) is 246 Å². The number of nitrogens with zero attached hydrogens (tertiary/aromatic N) is 12. The highest BCUT2D eigenvalue weighted by Crippen LogP contribution is 2.70. The van der Waals surface area contributed by atoms with Crippen LogP contribution in [0, 0.1) is 169 Å². The van der Waals surface area contributed by atoms with Crippen molar-refractivity contribution in [1.82, 2.24) is 60.0 Å². The molecule has 0 spiro atoms. The number of hydrogen-bond donors (Lipinski definition) is 4. The lowest BCUT2D eigenvalue weighted by atomic mass is 9.51. The molecule has 4 aromatic rings. The second kappa shape index (κ2) is 34.3. The highest BCUT2D eigenvalue weighted by molar-refractivity contribution is 6.30.